The van der Waals surface area contributed by atoms with E-state index in [0.717, 1.165) is 16.5 Å². The summed E-state index contributed by atoms with van der Waals surface area (Å²) in [6.45, 7) is 2.46. The number of para-hydroxylation sites is 1. The van der Waals surface area contributed by atoms with Gasteiger partial charge in [-0.05, 0) is 12.1 Å². The van der Waals surface area contributed by atoms with E-state index in [1.165, 1.54) is 11.3 Å². The van der Waals surface area contributed by atoms with Crippen molar-refractivity contribution in [2.24, 2.45) is 0 Å². The first kappa shape index (κ1) is 14.7. The van der Waals surface area contributed by atoms with E-state index < -0.39 is 0 Å². The van der Waals surface area contributed by atoms with E-state index in [1.807, 2.05) is 30.3 Å². The fourth-order valence-corrected chi connectivity index (χ4v) is 2.73. The van der Waals surface area contributed by atoms with Crippen molar-refractivity contribution < 1.29 is 14.3 Å². The van der Waals surface area contributed by atoms with Crippen LogP contribution in [0.15, 0.2) is 30.3 Å². The van der Waals surface area contributed by atoms with E-state index in [9.17, 15) is 4.79 Å². The number of carbonyl (C=O) groups is 1. The first-order chi connectivity index (χ1) is 9.70. The SMILES string of the molecule is COCc1nc(CCOc2ccccc2)sc1C(C)=O. The summed E-state index contributed by atoms with van der Waals surface area (Å²) in [7, 11) is 1.60. The molecule has 0 unspecified atom stereocenters. The molecule has 0 fully saturated rings. The van der Waals surface area contributed by atoms with E-state index in [-0.39, 0.29) is 5.78 Å². The van der Waals surface area contributed by atoms with Crippen molar-refractivity contribution in [2.75, 3.05) is 13.7 Å². The zero-order valence-corrected chi connectivity index (χ0v) is 12.4. The summed E-state index contributed by atoms with van der Waals surface area (Å²) in [6, 6.07) is 9.65. The highest BCUT2D eigenvalue weighted by molar-refractivity contribution is 7.13. The average molecular weight is 291 g/mol. The summed E-state index contributed by atoms with van der Waals surface area (Å²) >= 11 is 1.42. The Balaban J connectivity index is 1.96. The van der Waals surface area contributed by atoms with Gasteiger partial charge < -0.3 is 9.47 Å². The molecule has 0 aliphatic rings. The molecule has 1 aromatic carbocycles. The smallest absolute Gasteiger partial charge is 0.171 e. The summed E-state index contributed by atoms with van der Waals surface area (Å²) in [4.78, 5) is 16.7. The number of thiazole rings is 1. The van der Waals surface area contributed by atoms with Crippen LogP contribution in [0.4, 0.5) is 0 Å². The van der Waals surface area contributed by atoms with E-state index in [0.29, 0.717) is 24.5 Å². The lowest BCUT2D eigenvalue weighted by Crippen LogP contribution is -2.01. The van der Waals surface area contributed by atoms with Gasteiger partial charge in [-0.2, -0.15) is 0 Å². The first-order valence-corrected chi connectivity index (χ1v) is 7.18. The molecule has 0 saturated heterocycles. The molecule has 0 atom stereocenters. The van der Waals surface area contributed by atoms with Crippen LogP contribution in [-0.4, -0.2) is 24.5 Å². The van der Waals surface area contributed by atoms with Crippen LogP contribution in [0.1, 0.15) is 27.3 Å². The van der Waals surface area contributed by atoms with Crippen molar-refractivity contribution in [3.63, 3.8) is 0 Å². The number of hydrogen-bond acceptors (Lipinski definition) is 5. The number of methoxy groups -OCH3 is 1. The van der Waals surface area contributed by atoms with Gasteiger partial charge >= 0.3 is 0 Å². The largest absolute Gasteiger partial charge is 0.493 e. The van der Waals surface area contributed by atoms with Crippen LogP contribution < -0.4 is 4.74 Å². The van der Waals surface area contributed by atoms with Crippen molar-refractivity contribution >= 4 is 17.1 Å². The van der Waals surface area contributed by atoms with Gasteiger partial charge in [-0.25, -0.2) is 4.98 Å². The zero-order valence-electron chi connectivity index (χ0n) is 11.6. The third-order valence-electron chi connectivity index (χ3n) is 2.67. The van der Waals surface area contributed by atoms with Gasteiger partial charge in [0.05, 0.1) is 28.8 Å². The van der Waals surface area contributed by atoms with Gasteiger partial charge in [0.1, 0.15) is 5.75 Å². The first-order valence-electron chi connectivity index (χ1n) is 6.37. The fraction of sp³-hybridized carbons (Fsp3) is 0.333. The van der Waals surface area contributed by atoms with Crippen molar-refractivity contribution in [1.29, 1.82) is 0 Å². The van der Waals surface area contributed by atoms with Gasteiger partial charge in [0.2, 0.25) is 0 Å². The van der Waals surface area contributed by atoms with E-state index in [1.54, 1.807) is 14.0 Å². The number of carbonyl (C=O) groups excluding carboxylic acids is 1. The highest BCUT2D eigenvalue weighted by Crippen LogP contribution is 2.21. The van der Waals surface area contributed by atoms with E-state index >= 15 is 0 Å². The van der Waals surface area contributed by atoms with Gasteiger partial charge in [0.15, 0.2) is 5.78 Å². The van der Waals surface area contributed by atoms with Crippen LogP contribution >= 0.6 is 11.3 Å². The Labute approximate surface area is 122 Å². The molecule has 0 N–H and O–H groups in total. The van der Waals surface area contributed by atoms with Crippen LogP contribution in [0.3, 0.4) is 0 Å². The van der Waals surface area contributed by atoms with Gasteiger partial charge in [-0.1, -0.05) is 18.2 Å². The molecule has 1 aromatic heterocycles. The third-order valence-corrected chi connectivity index (χ3v) is 3.93. The second-order valence-corrected chi connectivity index (χ2v) is 5.37. The van der Waals surface area contributed by atoms with Gasteiger partial charge in [-0.15, -0.1) is 11.3 Å². The van der Waals surface area contributed by atoms with Crippen molar-refractivity contribution in [3.05, 3.63) is 45.9 Å². The molecule has 2 rings (SSSR count). The van der Waals surface area contributed by atoms with E-state index in [2.05, 4.69) is 4.98 Å². The standard InChI is InChI=1S/C15H17NO3S/c1-11(17)15-13(10-18-2)16-14(20-15)8-9-19-12-6-4-3-5-7-12/h3-7H,8-10H2,1-2H3. The minimum Gasteiger partial charge on any atom is -0.493 e. The molecule has 1 heterocycles. The monoisotopic (exact) mass is 291 g/mol. The minimum absolute atomic E-state index is 0.0322. The Bertz CT molecular complexity index is 566. The molecule has 0 bridgehead atoms. The molecule has 0 radical (unpaired) electrons. The molecule has 0 aliphatic heterocycles. The van der Waals surface area contributed by atoms with Gasteiger partial charge in [0.25, 0.3) is 0 Å². The molecule has 4 nitrogen and oxygen atoms in total. The number of nitrogens with zero attached hydrogens (tertiary/aromatic N) is 1. The number of hydrogen-bond donors (Lipinski definition) is 0. The van der Waals surface area contributed by atoms with Crippen LogP contribution in [-0.2, 0) is 17.8 Å². The molecular formula is C15H17NO3S. The van der Waals surface area contributed by atoms with Crippen molar-refractivity contribution in [1.82, 2.24) is 4.98 Å². The van der Waals surface area contributed by atoms with E-state index in [4.69, 9.17) is 9.47 Å². The topological polar surface area (TPSA) is 48.4 Å². The van der Waals surface area contributed by atoms with Crippen LogP contribution in [0.5, 0.6) is 5.75 Å². The summed E-state index contributed by atoms with van der Waals surface area (Å²) in [5, 5.41) is 0.901. The molecule has 106 valence electrons. The lowest BCUT2D eigenvalue weighted by molar-refractivity contribution is 0.101. The maximum absolute atomic E-state index is 11.5. The second-order valence-electron chi connectivity index (χ2n) is 4.28. The molecule has 5 heteroatoms. The van der Waals surface area contributed by atoms with Gasteiger partial charge in [-0.3, -0.25) is 4.79 Å². The predicted molar refractivity (Wildman–Crippen MR) is 78.5 cm³/mol. The lowest BCUT2D eigenvalue weighted by Gasteiger charge is -2.03. The minimum atomic E-state index is 0.0322. The Hall–Kier alpha value is -1.72. The molecule has 0 amide bonds. The number of aromatic nitrogens is 1. The number of ether oxygens (including phenoxy) is 2. The normalized spacial score (nSPS) is 10.5. The maximum atomic E-state index is 11.5. The molecule has 20 heavy (non-hydrogen) atoms. The zero-order chi connectivity index (χ0) is 14.4. The lowest BCUT2D eigenvalue weighted by atomic mass is 10.3. The molecule has 0 aliphatic carbocycles. The number of Topliss-reactive ketones (excluding diaryl/α,β-unsaturated/α-hetero) is 1. The summed E-state index contributed by atoms with van der Waals surface area (Å²) in [5.74, 6) is 0.873. The quantitative estimate of drug-likeness (QED) is 0.735. The molecule has 2 aromatic rings. The number of ketones is 1. The van der Waals surface area contributed by atoms with Crippen LogP contribution in [0.2, 0.25) is 0 Å². The highest BCUT2D eigenvalue weighted by atomic mass is 32.1. The number of rotatable bonds is 7. The predicted octanol–water partition coefficient (Wildman–Crippen LogP) is 3.11. The Morgan fingerprint density at radius 2 is 2.05 bits per heavy atom. The summed E-state index contributed by atoms with van der Waals surface area (Å²) in [5.41, 5.74) is 0.722. The Morgan fingerprint density at radius 1 is 1.30 bits per heavy atom. The van der Waals surface area contributed by atoms with Gasteiger partial charge in [0, 0.05) is 20.5 Å². The van der Waals surface area contributed by atoms with Crippen LogP contribution in [0.25, 0.3) is 0 Å². The Kier molecular flexibility index (Phi) is 5.26. The summed E-state index contributed by atoms with van der Waals surface area (Å²) < 4.78 is 10.7. The van der Waals surface area contributed by atoms with Crippen molar-refractivity contribution in [2.45, 2.75) is 20.0 Å². The second kappa shape index (κ2) is 7.17. The fourth-order valence-electron chi connectivity index (χ4n) is 1.79. The Morgan fingerprint density at radius 3 is 2.70 bits per heavy atom. The van der Waals surface area contributed by atoms with Crippen molar-refractivity contribution in [3.8, 4) is 5.75 Å². The molecule has 0 saturated carbocycles. The third kappa shape index (κ3) is 3.88. The molecule has 0 spiro atoms. The highest BCUT2D eigenvalue weighted by Gasteiger charge is 2.14. The summed E-state index contributed by atoms with van der Waals surface area (Å²) in [6.07, 6.45) is 0.684. The number of benzene rings is 1. The maximum Gasteiger partial charge on any atom is 0.171 e. The average Bonchev–Trinajstić information content (AvgIpc) is 2.84. The molecular weight excluding hydrogens is 274 g/mol. The van der Waals surface area contributed by atoms with Crippen LogP contribution in [0, 0.1) is 0 Å².